The topological polar surface area (TPSA) is 88.9 Å². The molecule has 1 amide bonds. The highest BCUT2D eigenvalue weighted by atomic mass is 32.1. The summed E-state index contributed by atoms with van der Waals surface area (Å²) in [7, 11) is 3.12. The molecule has 0 radical (unpaired) electrons. The van der Waals surface area contributed by atoms with Gasteiger partial charge < -0.3 is 19.4 Å². The van der Waals surface area contributed by atoms with E-state index in [2.05, 4.69) is 29.6 Å². The van der Waals surface area contributed by atoms with E-state index in [-0.39, 0.29) is 5.91 Å². The number of ether oxygens (including phenoxy) is 1. The zero-order valence-electron chi connectivity index (χ0n) is 19.0. The zero-order valence-corrected chi connectivity index (χ0v) is 19.9. The lowest BCUT2D eigenvalue weighted by molar-refractivity contribution is -0.130. The van der Waals surface area contributed by atoms with Gasteiger partial charge in [0.25, 0.3) is 6.47 Å². The summed E-state index contributed by atoms with van der Waals surface area (Å²) >= 11 is 3.53. The highest BCUT2D eigenvalue weighted by Crippen LogP contribution is 2.28. The van der Waals surface area contributed by atoms with Crippen molar-refractivity contribution in [1.29, 1.82) is 0 Å². The zero-order chi connectivity index (χ0) is 23.9. The number of carbonyl (C=O) groups is 3. The number of fused-ring (bicyclic) bond motifs is 3. The van der Waals surface area contributed by atoms with Crippen molar-refractivity contribution in [2.45, 2.75) is 25.8 Å². The Balaban J connectivity index is 0.000000266. The smallest absolute Gasteiger partial charge is 0.292 e. The number of likely N-dealkylation sites (N-methyl/N-ethyl adjacent to an activating group) is 1. The van der Waals surface area contributed by atoms with Crippen molar-refractivity contribution in [3.63, 3.8) is 0 Å². The first-order valence-electron chi connectivity index (χ1n) is 10.3. The third kappa shape index (κ3) is 7.69. The molecule has 1 aromatic heterocycles. The lowest BCUT2D eigenvalue weighted by atomic mass is 10.1. The van der Waals surface area contributed by atoms with Crippen LogP contribution in [-0.4, -0.2) is 63.1 Å². The molecule has 2 heterocycles. The van der Waals surface area contributed by atoms with Crippen LogP contribution in [0.25, 0.3) is 21.9 Å². The maximum Gasteiger partial charge on any atom is 0.292 e. The highest BCUT2D eigenvalue weighted by Gasteiger charge is 2.23. The van der Waals surface area contributed by atoms with Gasteiger partial charge in [0, 0.05) is 28.9 Å². The number of hydrogen-bond acceptors (Lipinski definition) is 7. The van der Waals surface area contributed by atoms with Crippen LogP contribution < -0.4 is 5.32 Å². The Morgan fingerprint density at radius 1 is 1.19 bits per heavy atom. The summed E-state index contributed by atoms with van der Waals surface area (Å²) in [5.74, 6) is 0.234. The highest BCUT2D eigenvalue weighted by molar-refractivity contribution is 7.79. The van der Waals surface area contributed by atoms with Gasteiger partial charge in [-0.05, 0) is 51.3 Å². The third-order valence-electron chi connectivity index (χ3n) is 4.84. The standard InChI is InChI=1S/C13H8O2.C8H16N2O.C2H4O2.CH4S/c14-8-9-5-6-11-10-3-1-2-4-12(10)15-13(11)7-9;1-7-4-3-5-10(7)8(11)6-9-2;1-4-2-3;1-2/h1-8H;7,9H,3-6H2,1-2H3;2H,1H3;2H,1H3. The molecule has 7 nitrogen and oxygen atoms in total. The number of nitrogens with zero attached hydrogens (tertiary/aromatic N) is 1. The van der Waals surface area contributed by atoms with Crippen molar-refractivity contribution >= 4 is 53.2 Å². The maximum atomic E-state index is 11.3. The summed E-state index contributed by atoms with van der Waals surface area (Å²) in [6, 6.07) is 13.8. The van der Waals surface area contributed by atoms with Crippen molar-refractivity contribution < 1.29 is 23.5 Å². The Labute approximate surface area is 194 Å². The fourth-order valence-electron chi connectivity index (χ4n) is 3.37. The van der Waals surface area contributed by atoms with Crippen LogP contribution in [0.1, 0.15) is 30.1 Å². The van der Waals surface area contributed by atoms with Crippen molar-refractivity contribution in [2.24, 2.45) is 0 Å². The number of furan rings is 1. The lowest BCUT2D eigenvalue weighted by Gasteiger charge is -2.20. The van der Waals surface area contributed by atoms with Crippen molar-refractivity contribution in [3.05, 3.63) is 48.0 Å². The lowest BCUT2D eigenvalue weighted by Crippen LogP contribution is -2.38. The van der Waals surface area contributed by atoms with Gasteiger partial charge in [0.2, 0.25) is 5.91 Å². The minimum absolute atomic E-state index is 0.234. The monoisotopic (exact) mass is 460 g/mol. The van der Waals surface area contributed by atoms with Crippen molar-refractivity contribution in [2.75, 3.05) is 33.5 Å². The maximum absolute atomic E-state index is 11.3. The number of likely N-dealkylation sites (tertiary alicyclic amines) is 1. The first-order chi connectivity index (χ1) is 15.5. The van der Waals surface area contributed by atoms with Crippen LogP contribution in [0.4, 0.5) is 0 Å². The van der Waals surface area contributed by atoms with Gasteiger partial charge in [-0.25, -0.2) is 0 Å². The molecule has 2 aromatic carbocycles. The molecule has 1 aliphatic rings. The van der Waals surface area contributed by atoms with Crippen molar-refractivity contribution in [1.82, 2.24) is 10.2 Å². The van der Waals surface area contributed by atoms with E-state index in [1.54, 1.807) is 25.4 Å². The predicted molar refractivity (Wildman–Crippen MR) is 131 cm³/mol. The first kappa shape index (κ1) is 27.2. The molecule has 1 N–H and O–H groups in total. The fraction of sp³-hybridized carbons (Fsp3) is 0.375. The second kappa shape index (κ2) is 15.0. The molecular weight excluding hydrogens is 428 g/mol. The summed E-state index contributed by atoms with van der Waals surface area (Å²) in [6.07, 6.45) is 4.85. The van der Waals surface area contributed by atoms with E-state index in [4.69, 9.17) is 9.21 Å². The van der Waals surface area contributed by atoms with E-state index < -0.39 is 0 Å². The molecule has 0 spiro atoms. The Kier molecular flexibility index (Phi) is 12.8. The van der Waals surface area contributed by atoms with Crippen LogP contribution in [0.3, 0.4) is 0 Å². The number of methoxy groups -OCH3 is 1. The number of carbonyl (C=O) groups excluding carboxylic acids is 3. The normalized spacial score (nSPS) is 14.3. The number of nitrogens with one attached hydrogen (secondary N) is 1. The van der Waals surface area contributed by atoms with E-state index >= 15 is 0 Å². The number of amides is 1. The first-order valence-corrected chi connectivity index (χ1v) is 11.2. The van der Waals surface area contributed by atoms with E-state index in [1.165, 1.54) is 7.11 Å². The molecule has 4 rings (SSSR count). The van der Waals surface area contributed by atoms with E-state index in [1.807, 2.05) is 35.2 Å². The molecule has 32 heavy (non-hydrogen) atoms. The molecule has 1 unspecified atom stereocenters. The van der Waals surface area contributed by atoms with E-state index in [0.29, 0.717) is 24.6 Å². The number of thiol groups is 1. The van der Waals surface area contributed by atoms with Gasteiger partial charge in [0.1, 0.15) is 17.5 Å². The largest absolute Gasteiger partial charge is 0.471 e. The second-order valence-electron chi connectivity index (χ2n) is 6.91. The number of aldehydes is 1. The molecule has 1 saturated heterocycles. The van der Waals surface area contributed by atoms with Crippen LogP contribution in [0.2, 0.25) is 0 Å². The fourth-order valence-corrected chi connectivity index (χ4v) is 3.37. The summed E-state index contributed by atoms with van der Waals surface area (Å²) in [5, 5.41) is 5.01. The van der Waals surface area contributed by atoms with Crippen LogP contribution in [0.5, 0.6) is 0 Å². The second-order valence-corrected chi connectivity index (χ2v) is 6.91. The molecule has 1 aliphatic heterocycles. The Bertz CT molecular complexity index is 989. The van der Waals surface area contributed by atoms with E-state index in [9.17, 15) is 9.59 Å². The average molecular weight is 461 g/mol. The molecule has 0 saturated carbocycles. The van der Waals surface area contributed by atoms with Crippen LogP contribution in [0, 0.1) is 0 Å². The average Bonchev–Trinajstić information content (AvgIpc) is 3.43. The van der Waals surface area contributed by atoms with Crippen molar-refractivity contribution in [3.8, 4) is 0 Å². The number of hydrogen-bond donors (Lipinski definition) is 2. The van der Waals surface area contributed by atoms with Gasteiger partial charge in [-0.15, -0.1) is 0 Å². The minimum atomic E-state index is 0.234. The van der Waals surface area contributed by atoms with Crippen LogP contribution >= 0.6 is 12.6 Å². The van der Waals surface area contributed by atoms with E-state index in [0.717, 1.165) is 47.6 Å². The van der Waals surface area contributed by atoms with Gasteiger partial charge in [0.15, 0.2) is 0 Å². The molecule has 1 fully saturated rings. The molecular formula is C24H32N2O5S. The van der Waals surface area contributed by atoms with Gasteiger partial charge >= 0.3 is 0 Å². The number of benzene rings is 2. The summed E-state index contributed by atoms with van der Waals surface area (Å²) in [6.45, 7) is 3.91. The SMILES string of the molecule is CNCC(=O)N1CCCC1C.COC=O.CS.O=Cc1ccc2c(c1)oc1ccccc12. The Morgan fingerprint density at radius 3 is 2.41 bits per heavy atom. The Hall–Kier alpha value is -2.84. The van der Waals surface area contributed by atoms with Gasteiger partial charge in [-0.3, -0.25) is 14.4 Å². The number of para-hydroxylation sites is 1. The predicted octanol–water partition coefficient (Wildman–Crippen LogP) is 3.95. The van der Waals surface area contributed by atoms with Crippen LogP contribution in [0.15, 0.2) is 46.9 Å². The molecule has 8 heteroatoms. The minimum Gasteiger partial charge on any atom is -0.471 e. The molecule has 0 aliphatic carbocycles. The quantitative estimate of drug-likeness (QED) is 0.453. The number of rotatable bonds is 4. The molecule has 174 valence electrons. The van der Waals surface area contributed by atoms with Crippen LogP contribution in [-0.2, 0) is 14.3 Å². The van der Waals surface area contributed by atoms with Gasteiger partial charge in [-0.1, -0.05) is 24.3 Å². The molecule has 1 atom stereocenters. The summed E-state index contributed by atoms with van der Waals surface area (Å²) in [5.41, 5.74) is 2.26. The summed E-state index contributed by atoms with van der Waals surface area (Å²) < 4.78 is 9.50. The third-order valence-corrected chi connectivity index (χ3v) is 4.84. The summed E-state index contributed by atoms with van der Waals surface area (Å²) in [4.78, 5) is 32.8. The molecule has 0 bridgehead atoms. The Morgan fingerprint density at radius 2 is 1.84 bits per heavy atom. The van der Waals surface area contributed by atoms with Gasteiger partial charge in [-0.2, -0.15) is 12.6 Å². The molecule has 3 aromatic rings. The van der Waals surface area contributed by atoms with Gasteiger partial charge in [0.05, 0.1) is 13.7 Å².